The number of nitrogens with one attached hydrogen (secondary N) is 2. The van der Waals surface area contributed by atoms with Gasteiger partial charge in [0.05, 0.1) is 17.8 Å². The van der Waals surface area contributed by atoms with E-state index in [1.165, 1.54) is 0 Å². The molecule has 174 valence electrons. The molecule has 7 nitrogen and oxygen atoms in total. The minimum absolute atomic E-state index is 0.00717. The Kier molecular flexibility index (Phi) is 6.77. The van der Waals surface area contributed by atoms with Gasteiger partial charge in [-0.25, -0.2) is 0 Å². The molecule has 0 aliphatic carbocycles. The first-order chi connectivity index (χ1) is 16.4. The van der Waals surface area contributed by atoms with Crippen LogP contribution < -0.4 is 21.3 Å². The van der Waals surface area contributed by atoms with Crippen molar-refractivity contribution in [1.82, 2.24) is 4.90 Å². The van der Waals surface area contributed by atoms with E-state index in [-0.39, 0.29) is 11.8 Å². The highest BCUT2D eigenvalue weighted by Gasteiger charge is 2.28. The summed E-state index contributed by atoms with van der Waals surface area (Å²) in [5, 5.41) is 6.40. The topological polar surface area (TPSA) is 90.7 Å². The number of benzene rings is 3. The molecule has 1 aliphatic heterocycles. The van der Waals surface area contributed by atoms with Gasteiger partial charge in [0.25, 0.3) is 5.91 Å². The molecule has 3 aromatic carbocycles. The highest BCUT2D eigenvalue weighted by molar-refractivity contribution is 6.37. The van der Waals surface area contributed by atoms with Gasteiger partial charge >= 0.3 is 0 Å². The van der Waals surface area contributed by atoms with Crippen molar-refractivity contribution in [2.24, 2.45) is 5.73 Å². The quantitative estimate of drug-likeness (QED) is 0.474. The molecule has 0 aromatic heterocycles. The van der Waals surface area contributed by atoms with Crippen molar-refractivity contribution < 1.29 is 9.59 Å². The Hall–Kier alpha value is -3.94. The zero-order valence-corrected chi connectivity index (χ0v) is 19.6. The molecule has 0 saturated heterocycles. The van der Waals surface area contributed by atoms with E-state index in [4.69, 9.17) is 5.73 Å². The molecule has 7 heteroatoms. The van der Waals surface area contributed by atoms with Crippen LogP contribution in [0.25, 0.3) is 11.3 Å². The predicted molar refractivity (Wildman–Crippen MR) is 138 cm³/mol. The summed E-state index contributed by atoms with van der Waals surface area (Å²) in [6, 6.07) is 23.1. The summed E-state index contributed by atoms with van der Waals surface area (Å²) in [6.45, 7) is 0.782. The van der Waals surface area contributed by atoms with Crippen molar-refractivity contribution in [3.8, 4) is 0 Å². The number of carbonyl (C=O) groups is 2. The van der Waals surface area contributed by atoms with Crippen LogP contribution in [0.5, 0.6) is 0 Å². The number of amides is 2. The zero-order valence-electron chi connectivity index (χ0n) is 19.6. The molecule has 0 atom stereocenters. The molecule has 0 radical (unpaired) electrons. The lowest BCUT2D eigenvalue weighted by molar-refractivity contribution is -0.119. The largest absolute Gasteiger partial charge is 0.354 e. The smallest absolute Gasteiger partial charge is 0.258 e. The van der Waals surface area contributed by atoms with Crippen molar-refractivity contribution in [2.45, 2.75) is 6.54 Å². The van der Waals surface area contributed by atoms with E-state index >= 15 is 0 Å². The summed E-state index contributed by atoms with van der Waals surface area (Å²) in [4.78, 5) is 28.9. The Balaban J connectivity index is 1.70. The van der Waals surface area contributed by atoms with Gasteiger partial charge in [-0.3, -0.25) is 9.59 Å². The third-order valence-corrected chi connectivity index (χ3v) is 5.75. The van der Waals surface area contributed by atoms with Crippen LogP contribution in [0.4, 0.5) is 17.1 Å². The first-order valence-electron chi connectivity index (χ1n) is 11.1. The number of anilines is 3. The number of nitrogens with two attached hydrogens (primary N) is 1. The highest BCUT2D eigenvalue weighted by atomic mass is 16.2. The Bertz CT molecular complexity index is 1230. The number of carbonyl (C=O) groups excluding carboxylic acids is 2. The minimum Gasteiger partial charge on any atom is -0.354 e. The minimum atomic E-state index is -0.155. The standard InChI is InChI=1S/C27H29N5O2/c1-31(2)17-24(33)32(3)21-14-12-20(13-15-21)29-26(19-10-8-18(16-28)9-11-19)25-22-6-4-5-7-23(22)30-27(25)34/h4-15,29H,16-17,28H2,1-3H3,(H,30,34). The molecule has 3 aromatic rings. The van der Waals surface area contributed by atoms with Gasteiger partial charge in [0.1, 0.15) is 0 Å². The SMILES string of the molecule is CN(C)CC(=O)N(C)c1ccc(NC(=C2C(=O)Nc3ccccc32)c2ccc(CN)cc2)cc1. The molecule has 0 fully saturated rings. The molecule has 4 N–H and O–H groups in total. The van der Waals surface area contributed by atoms with Crippen molar-refractivity contribution >= 4 is 40.1 Å². The number of hydrogen-bond donors (Lipinski definition) is 3. The summed E-state index contributed by atoms with van der Waals surface area (Å²) in [5.41, 5.74) is 12.2. The number of nitrogens with zero attached hydrogens (tertiary/aromatic N) is 2. The van der Waals surface area contributed by atoms with Crippen LogP contribution in [0, 0.1) is 0 Å². The zero-order chi connectivity index (χ0) is 24.2. The molecule has 4 rings (SSSR count). The number of likely N-dealkylation sites (N-methyl/N-ethyl adjacent to an activating group) is 2. The number of hydrogen-bond acceptors (Lipinski definition) is 5. The van der Waals surface area contributed by atoms with Gasteiger partial charge in [-0.05, 0) is 55.6 Å². The van der Waals surface area contributed by atoms with Crippen molar-refractivity contribution in [1.29, 1.82) is 0 Å². The third-order valence-electron chi connectivity index (χ3n) is 5.75. The number of para-hydroxylation sites is 1. The van der Waals surface area contributed by atoms with Crippen LogP contribution in [-0.4, -0.2) is 44.4 Å². The molecular weight excluding hydrogens is 426 g/mol. The molecule has 0 bridgehead atoms. The maximum absolute atomic E-state index is 13.0. The number of rotatable bonds is 7. The van der Waals surface area contributed by atoms with E-state index in [9.17, 15) is 9.59 Å². The normalized spacial score (nSPS) is 14.0. The maximum Gasteiger partial charge on any atom is 0.258 e. The molecule has 0 saturated carbocycles. The molecule has 0 spiro atoms. The van der Waals surface area contributed by atoms with Gasteiger partial charge in [0.15, 0.2) is 0 Å². The van der Waals surface area contributed by atoms with Crippen molar-refractivity contribution in [3.63, 3.8) is 0 Å². The van der Waals surface area contributed by atoms with E-state index in [0.717, 1.165) is 33.8 Å². The van der Waals surface area contributed by atoms with Gasteiger partial charge in [-0.2, -0.15) is 0 Å². The molecule has 1 aliphatic rings. The summed E-state index contributed by atoms with van der Waals surface area (Å²) >= 11 is 0. The van der Waals surface area contributed by atoms with E-state index in [2.05, 4.69) is 10.6 Å². The fourth-order valence-electron chi connectivity index (χ4n) is 3.89. The van der Waals surface area contributed by atoms with Gasteiger partial charge in [0.2, 0.25) is 5.91 Å². The first-order valence-corrected chi connectivity index (χ1v) is 11.1. The summed E-state index contributed by atoms with van der Waals surface area (Å²) in [5.74, 6) is -0.148. The van der Waals surface area contributed by atoms with Gasteiger partial charge in [-0.1, -0.05) is 42.5 Å². The molecular formula is C27H29N5O2. The average Bonchev–Trinajstić information content (AvgIpc) is 3.17. The van der Waals surface area contributed by atoms with Crippen LogP contribution >= 0.6 is 0 Å². The third kappa shape index (κ3) is 4.85. The Morgan fingerprint density at radius 2 is 1.62 bits per heavy atom. The second-order valence-electron chi connectivity index (χ2n) is 8.51. The molecule has 34 heavy (non-hydrogen) atoms. The lowest BCUT2D eigenvalue weighted by atomic mass is 9.99. The van der Waals surface area contributed by atoms with Crippen molar-refractivity contribution in [2.75, 3.05) is 43.2 Å². The number of fused-ring (bicyclic) bond motifs is 1. The first kappa shape index (κ1) is 23.2. The Morgan fingerprint density at radius 1 is 0.941 bits per heavy atom. The summed E-state index contributed by atoms with van der Waals surface area (Å²) in [7, 11) is 5.50. The van der Waals surface area contributed by atoms with Gasteiger partial charge in [-0.15, -0.1) is 0 Å². The second kappa shape index (κ2) is 9.91. The lowest BCUT2D eigenvalue weighted by Gasteiger charge is -2.20. The van der Waals surface area contributed by atoms with Crippen molar-refractivity contribution in [3.05, 3.63) is 89.5 Å². The van der Waals surface area contributed by atoms with Gasteiger partial charge < -0.3 is 26.2 Å². The maximum atomic E-state index is 13.0. The fraction of sp³-hybridized carbons (Fsp3) is 0.185. The molecule has 2 amide bonds. The monoisotopic (exact) mass is 455 g/mol. The Labute approximate surface area is 199 Å². The van der Waals surface area contributed by atoms with Crippen LogP contribution in [0.3, 0.4) is 0 Å². The van der Waals surface area contributed by atoms with E-state index in [1.54, 1.807) is 11.9 Å². The Morgan fingerprint density at radius 3 is 2.26 bits per heavy atom. The van der Waals surface area contributed by atoms with E-state index < -0.39 is 0 Å². The summed E-state index contributed by atoms with van der Waals surface area (Å²) in [6.07, 6.45) is 0. The second-order valence-corrected chi connectivity index (χ2v) is 8.51. The molecule has 1 heterocycles. The van der Waals surface area contributed by atoms with Gasteiger partial charge in [0, 0.05) is 36.2 Å². The van der Waals surface area contributed by atoms with E-state index in [1.807, 2.05) is 91.8 Å². The summed E-state index contributed by atoms with van der Waals surface area (Å²) < 4.78 is 0. The van der Waals surface area contributed by atoms with Crippen LogP contribution in [-0.2, 0) is 16.1 Å². The highest BCUT2D eigenvalue weighted by Crippen LogP contribution is 2.37. The van der Waals surface area contributed by atoms with Crippen LogP contribution in [0.1, 0.15) is 16.7 Å². The molecule has 0 unspecified atom stereocenters. The van der Waals surface area contributed by atoms with Crippen LogP contribution in [0.2, 0.25) is 0 Å². The lowest BCUT2D eigenvalue weighted by Crippen LogP contribution is -2.34. The van der Waals surface area contributed by atoms with Crippen LogP contribution in [0.15, 0.2) is 72.8 Å². The fourth-order valence-corrected chi connectivity index (χ4v) is 3.89. The predicted octanol–water partition coefficient (Wildman–Crippen LogP) is 3.60. The van der Waals surface area contributed by atoms with E-state index in [0.29, 0.717) is 24.4 Å². The average molecular weight is 456 g/mol.